The zero-order chi connectivity index (χ0) is 15.2. The SMILES string of the molecule is CCC(NC(=O)c1cc(F)cnc1NC)c1ccccc1. The smallest absolute Gasteiger partial charge is 0.255 e. The summed E-state index contributed by atoms with van der Waals surface area (Å²) in [7, 11) is 1.64. The molecule has 0 saturated carbocycles. The first-order valence-electron chi connectivity index (χ1n) is 6.84. The van der Waals surface area contributed by atoms with Crippen molar-refractivity contribution in [2.45, 2.75) is 19.4 Å². The normalized spacial score (nSPS) is 11.8. The molecule has 21 heavy (non-hydrogen) atoms. The Morgan fingerprint density at radius 3 is 2.67 bits per heavy atom. The number of nitrogens with one attached hydrogen (secondary N) is 2. The second-order valence-corrected chi connectivity index (χ2v) is 4.64. The van der Waals surface area contributed by atoms with Crippen molar-refractivity contribution in [3.63, 3.8) is 0 Å². The second kappa shape index (κ2) is 6.83. The minimum Gasteiger partial charge on any atom is -0.372 e. The second-order valence-electron chi connectivity index (χ2n) is 4.64. The number of hydrogen-bond acceptors (Lipinski definition) is 3. The molecule has 0 aliphatic rings. The van der Waals surface area contributed by atoms with Crippen molar-refractivity contribution < 1.29 is 9.18 Å². The summed E-state index contributed by atoms with van der Waals surface area (Å²) in [5, 5.41) is 5.71. The molecule has 0 spiro atoms. The van der Waals surface area contributed by atoms with Gasteiger partial charge in [0.1, 0.15) is 11.6 Å². The summed E-state index contributed by atoms with van der Waals surface area (Å²) in [6.07, 6.45) is 1.82. The first kappa shape index (κ1) is 15.0. The highest BCUT2D eigenvalue weighted by Crippen LogP contribution is 2.19. The van der Waals surface area contributed by atoms with Crippen molar-refractivity contribution in [3.05, 3.63) is 59.5 Å². The van der Waals surface area contributed by atoms with Gasteiger partial charge in [-0.15, -0.1) is 0 Å². The fourth-order valence-electron chi connectivity index (χ4n) is 2.15. The molecule has 1 aromatic carbocycles. The molecular formula is C16H18FN3O. The van der Waals surface area contributed by atoms with Crippen molar-refractivity contribution in [1.82, 2.24) is 10.3 Å². The van der Waals surface area contributed by atoms with Crippen LogP contribution in [0.5, 0.6) is 0 Å². The number of benzene rings is 1. The molecular weight excluding hydrogens is 269 g/mol. The molecule has 0 fully saturated rings. The lowest BCUT2D eigenvalue weighted by atomic mass is 10.0. The third kappa shape index (κ3) is 3.56. The van der Waals surface area contributed by atoms with E-state index in [1.54, 1.807) is 7.05 Å². The van der Waals surface area contributed by atoms with E-state index in [-0.39, 0.29) is 17.5 Å². The minimum absolute atomic E-state index is 0.119. The number of pyridine rings is 1. The average Bonchev–Trinajstić information content (AvgIpc) is 2.53. The molecule has 0 aliphatic carbocycles. The van der Waals surface area contributed by atoms with Crippen LogP contribution in [0.4, 0.5) is 10.2 Å². The van der Waals surface area contributed by atoms with Gasteiger partial charge in [0.15, 0.2) is 0 Å². The summed E-state index contributed by atoms with van der Waals surface area (Å²) in [5.74, 6) is -0.522. The summed E-state index contributed by atoms with van der Waals surface area (Å²) < 4.78 is 13.3. The van der Waals surface area contributed by atoms with Gasteiger partial charge in [-0.2, -0.15) is 0 Å². The van der Waals surface area contributed by atoms with Gasteiger partial charge in [0.2, 0.25) is 0 Å². The van der Waals surface area contributed by atoms with Crippen molar-refractivity contribution in [1.29, 1.82) is 0 Å². The predicted octanol–water partition coefficient (Wildman–Crippen LogP) is 3.14. The molecule has 5 heteroatoms. The van der Waals surface area contributed by atoms with E-state index in [1.807, 2.05) is 37.3 Å². The summed E-state index contributed by atoms with van der Waals surface area (Å²) in [4.78, 5) is 16.2. The molecule has 2 rings (SSSR count). The van der Waals surface area contributed by atoms with Gasteiger partial charge in [-0.05, 0) is 18.1 Å². The van der Waals surface area contributed by atoms with Crippen LogP contribution in [0, 0.1) is 5.82 Å². The highest BCUT2D eigenvalue weighted by Gasteiger charge is 2.17. The lowest BCUT2D eigenvalue weighted by Gasteiger charge is -2.18. The standard InChI is InChI=1S/C16H18FN3O/c1-3-14(11-7-5-4-6-8-11)20-16(21)13-9-12(17)10-19-15(13)18-2/h4-10,14H,3H2,1-2H3,(H,18,19)(H,20,21). The maximum atomic E-state index is 13.3. The van der Waals surface area contributed by atoms with Gasteiger partial charge in [0.05, 0.1) is 17.8 Å². The van der Waals surface area contributed by atoms with Crippen LogP contribution in [0.2, 0.25) is 0 Å². The number of anilines is 1. The third-order valence-corrected chi connectivity index (χ3v) is 3.25. The number of amides is 1. The lowest BCUT2D eigenvalue weighted by Crippen LogP contribution is -2.29. The van der Waals surface area contributed by atoms with Crippen LogP contribution in [0.3, 0.4) is 0 Å². The molecule has 0 aliphatic heterocycles. The van der Waals surface area contributed by atoms with Crippen molar-refractivity contribution in [3.8, 4) is 0 Å². The largest absolute Gasteiger partial charge is 0.372 e. The fourth-order valence-corrected chi connectivity index (χ4v) is 2.15. The predicted molar refractivity (Wildman–Crippen MR) is 80.7 cm³/mol. The van der Waals surface area contributed by atoms with Gasteiger partial charge in [0, 0.05) is 7.05 Å². The average molecular weight is 287 g/mol. The van der Waals surface area contributed by atoms with Crippen LogP contribution in [0.1, 0.15) is 35.3 Å². The van der Waals surface area contributed by atoms with Crippen LogP contribution in [-0.4, -0.2) is 17.9 Å². The minimum atomic E-state index is -0.535. The van der Waals surface area contributed by atoms with Crippen molar-refractivity contribution in [2.75, 3.05) is 12.4 Å². The Kier molecular flexibility index (Phi) is 4.87. The fraction of sp³-hybridized carbons (Fsp3) is 0.250. The Balaban J connectivity index is 2.22. The summed E-state index contributed by atoms with van der Waals surface area (Å²) in [5.41, 5.74) is 1.22. The number of aromatic nitrogens is 1. The van der Waals surface area contributed by atoms with Crippen LogP contribution in [-0.2, 0) is 0 Å². The highest BCUT2D eigenvalue weighted by atomic mass is 19.1. The Morgan fingerprint density at radius 2 is 2.05 bits per heavy atom. The van der Waals surface area contributed by atoms with Crippen molar-refractivity contribution in [2.24, 2.45) is 0 Å². The van der Waals surface area contributed by atoms with E-state index in [2.05, 4.69) is 15.6 Å². The Hall–Kier alpha value is -2.43. The Bertz CT molecular complexity index is 616. The van der Waals surface area contributed by atoms with Crippen molar-refractivity contribution >= 4 is 11.7 Å². The Labute approximate surface area is 123 Å². The highest BCUT2D eigenvalue weighted by molar-refractivity contribution is 5.98. The number of rotatable bonds is 5. The zero-order valence-electron chi connectivity index (χ0n) is 12.1. The molecule has 0 saturated heterocycles. The topological polar surface area (TPSA) is 54.0 Å². The molecule has 110 valence electrons. The van der Waals surface area contributed by atoms with Crippen LogP contribution in [0.25, 0.3) is 0 Å². The van der Waals surface area contributed by atoms with E-state index in [0.29, 0.717) is 5.82 Å². The molecule has 4 nitrogen and oxygen atoms in total. The molecule has 1 aromatic heterocycles. The van der Waals surface area contributed by atoms with Gasteiger partial charge in [-0.1, -0.05) is 37.3 Å². The van der Waals surface area contributed by atoms with E-state index in [4.69, 9.17) is 0 Å². The number of nitrogens with zero attached hydrogens (tertiary/aromatic N) is 1. The molecule has 0 bridgehead atoms. The maximum absolute atomic E-state index is 13.3. The molecule has 1 unspecified atom stereocenters. The maximum Gasteiger partial charge on any atom is 0.255 e. The lowest BCUT2D eigenvalue weighted by molar-refractivity contribution is 0.0935. The van der Waals surface area contributed by atoms with Gasteiger partial charge in [0.25, 0.3) is 5.91 Å². The molecule has 1 heterocycles. The quantitative estimate of drug-likeness (QED) is 0.888. The number of carbonyl (C=O) groups excluding carboxylic acids is 1. The zero-order valence-corrected chi connectivity index (χ0v) is 12.1. The van der Waals surface area contributed by atoms with Gasteiger partial charge >= 0.3 is 0 Å². The Morgan fingerprint density at radius 1 is 1.33 bits per heavy atom. The van der Waals surface area contributed by atoms with Gasteiger partial charge in [-0.25, -0.2) is 9.37 Å². The molecule has 1 amide bonds. The molecule has 0 radical (unpaired) electrons. The van der Waals surface area contributed by atoms with E-state index in [1.165, 1.54) is 6.07 Å². The summed E-state index contributed by atoms with van der Waals surface area (Å²) >= 11 is 0. The summed E-state index contributed by atoms with van der Waals surface area (Å²) in [6, 6.07) is 10.8. The molecule has 2 N–H and O–H groups in total. The van der Waals surface area contributed by atoms with Crippen LogP contribution < -0.4 is 10.6 Å². The molecule has 1 atom stereocenters. The van der Waals surface area contributed by atoms with E-state index >= 15 is 0 Å². The summed E-state index contributed by atoms with van der Waals surface area (Å²) in [6.45, 7) is 1.99. The molecule has 2 aromatic rings. The van der Waals surface area contributed by atoms with E-state index < -0.39 is 5.82 Å². The van der Waals surface area contributed by atoms with Gasteiger partial charge in [-0.3, -0.25) is 4.79 Å². The number of halogens is 1. The number of carbonyl (C=O) groups is 1. The number of hydrogen-bond donors (Lipinski definition) is 2. The van der Waals surface area contributed by atoms with Gasteiger partial charge < -0.3 is 10.6 Å². The van der Waals surface area contributed by atoms with Crippen LogP contribution in [0.15, 0.2) is 42.6 Å². The third-order valence-electron chi connectivity index (χ3n) is 3.25. The van der Waals surface area contributed by atoms with E-state index in [9.17, 15) is 9.18 Å². The first-order chi connectivity index (χ1) is 10.2. The van der Waals surface area contributed by atoms with E-state index in [0.717, 1.165) is 18.2 Å². The monoisotopic (exact) mass is 287 g/mol. The van der Waals surface area contributed by atoms with Crippen LogP contribution >= 0.6 is 0 Å². The first-order valence-corrected chi connectivity index (χ1v) is 6.84.